The summed E-state index contributed by atoms with van der Waals surface area (Å²) in [5.74, 6) is 1.39. The second kappa shape index (κ2) is 19.7. The van der Waals surface area contributed by atoms with Crippen molar-refractivity contribution in [2.75, 3.05) is 38.9 Å². The summed E-state index contributed by atoms with van der Waals surface area (Å²) in [6.45, 7) is 7.35. The van der Waals surface area contributed by atoms with Crippen LogP contribution in [0.5, 0.6) is 0 Å². The van der Waals surface area contributed by atoms with E-state index in [1.54, 1.807) is 26.0 Å². The van der Waals surface area contributed by atoms with Gasteiger partial charge in [-0.25, -0.2) is 0 Å². The summed E-state index contributed by atoms with van der Waals surface area (Å²) in [5.41, 5.74) is -0.307. The molecule has 2 unspecified atom stereocenters. The zero-order valence-corrected chi connectivity index (χ0v) is 20.7. The maximum atomic E-state index is 12.1. The van der Waals surface area contributed by atoms with Crippen LogP contribution in [0.15, 0.2) is 0 Å². The van der Waals surface area contributed by atoms with E-state index in [2.05, 4.69) is 6.92 Å². The van der Waals surface area contributed by atoms with Crippen LogP contribution in [-0.2, 0) is 19.0 Å². The molecule has 0 saturated carbocycles. The summed E-state index contributed by atoms with van der Waals surface area (Å²) in [6, 6.07) is 0. The molecule has 0 aromatic heterocycles. The van der Waals surface area contributed by atoms with Gasteiger partial charge in [0.05, 0.1) is 24.7 Å². The number of hydrogen-bond donors (Lipinski definition) is 0. The van der Waals surface area contributed by atoms with Crippen molar-refractivity contribution in [1.82, 2.24) is 0 Å². The SMILES string of the molecule is CCCCCCCCCCCCCCOC(=O)C(C)CSCC(C)(COC)OC. The third kappa shape index (κ3) is 17.1. The third-order valence-electron chi connectivity index (χ3n) is 5.36. The van der Waals surface area contributed by atoms with Crippen molar-refractivity contribution in [3.05, 3.63) is 0 Å². The van der Waals surface area contributed by atoms with E-state index in [4.69, 9.17) is 14.2 Å². The lowest BCUT2D eigenvalue weighted by atomic mass is 10.1. The number of methoxy groups -OCH3 is 2. The first kappa shape index (κ1) is 28.7. The monoisotopic (exact) mass is 432 g/mol. The third-order valence-corrected chi connectivity index (χ3v) is 6.91. The zero-order chi connectivity index (χ0) is 21.8. The number of thioether (sulfide) groups is 1. The maximum Gasteiger partial charge on any atom is 0.309 e. The van der Waals surface area contributed by atoms with E-state index in [0.717, 1.165) is 24.3 Å². The number of unbranched alkanes of at least 4 members (excludes halogenated alkanes) is 11. The Balaban J connectivity index is 3.52. The molecule has 0 amide bonds. The predicted octanol–water partition coefficient (Wildman–Crippen LogP) is 6.65. The average Bonchev–Trinajstić information content (AvgIpc) is 2.71. The van der Waals surface area contributed by atoms with Crippen LogP contribution in [0.4, 0.5) is 0 Å². The molecule has 0 saturated heterocycles. The van der Waals surface area contributed by atoms with E-state index < -0.39 is 0 Å². The van der Waals surface area contributed by atoms with Crippen molar-refractivity contribution < 1.29 is 19.0 Å². The first-order valence-corrected chi connectivity index (χ1v) is 12.9. The van der Waals surface area contributed by atoms with Gasteiger partial charge in [-0.3, -0.25) is 4.79 Å². The van der Waals surface area contributed by atoms with Crippen molar-refractivity contribution in [2.45, 2.75) is 103 Å². The standard InChI is InChI=1S/C24H48O4S/c1-6-7-8-9-10-11-12-13-14-15-16-17-18-28-23(25)22(2)19-29-21-24(3,27-5)20-26-4/h22H,6-21H2,1-5H3. The molecule has 29 heavy (non-hydrogen) atoms. The summed E-state index contributed by atoms with van der Waals surface area (Å²) in [6.07, 6.45) is 15.8. The minimum absolute atomic E-state index is 0.0774. The highest BCUT2D eigenvalue weighted by molar-refractivity contribution is 7.99. The molecule has 0 aliphatic heterocycles. The number of carbonyl (C=O) groups excluding carboxylic acids is 1. The molecular formula is C24H48O4S. The van der Waals surface area contributed by atoms with Crippen LogP contribution in [-0.4, -0.2) is 50.5 Å². The molecule has 0 fully saturated rings. The first-order valence-electron chi connectivity index (χ1n) is 11.8. The minimum Gasteiger partial charge on any atom is -0.465 e. The fourth-order valence-electron chi connectivity index (χ4n) is 3.24. The number of hydrogen-bond acceptors (Lipinski definition) is 5. The van der Waals surface area contributed by atoms with Gasteiger partial charge in [0.15, 0.2) is 0 Å². The Morgan fingerprint density at radius 2 is 1.41 bits per heavy atom. The highest BCUT2D eigenvalue weighted by Gasteiger charge is 2.24. The van der Waals surface area contributed by atoms with Crippen molar-refractivity contribution in [1.29, 1.82) is 0 Å². The average molecular weight is 433 g/mol. The molecule has 0 aromatic carbocycles. The van der Waals surface area contributed by atoms with Crippen molar-refractivity contribution in [3.8, 4) is 0 Å². The van der Waals surface area contributed by atoms with Gasteiger partial charge < -0.3 is 14.2 Å². The Labute approximate surface area is 185 Å². The van der Waals surface area contributed by atoms with Gasteiger partial charge in [-0.2, -0.15) is 11.8 Å². The predicted molar refractivity (Wildman–Crippen MR) is 126 cm³/mol. The maximum absolute atomic E-state index is 12.1. The summed E-state index contributed by atoms with van der Waals surface area (Å²) >= 11 is 1.72. The second-order valence-corrected chi connectivity index (χ2v) is 9.59. The Morgan fingerprint density at radius 1 is 0.897 bits per heavy atom. The summed E-state index contributed by atoms with van der Waals surface area (Å²) < 4.78 is 16.2. The highest BCUT2D eigenvalue weighted by atomic mass is 32.2. The molecule has 0 aliphatic rings. The first-order chi connectivity index (χ1) is 14.0. The molecule has 0 rings (SSSR count). The molecule has 0 aliphatic carbocycles. The van der Waals surface area contributed by atoms with Crippen molar-refractivity contribution >= 4 is 17.7 Å². The lowest BCUT2D eigenvalue weighted by Crippen LogP contribution is -2.36. The van der Waals surface area contributed by atoms with Crippen LogP contribution in [0.25, 0.3) is 0 Å². The fourth-order valence-corrected chi connectivity index (χ4v) is 4.48. The van der Waals surface area contributed by atoms with Gasteiger partial charge in [0.2, 0.25) is 0 Å². The summed E-state index contributed by atoms with van der Waals surface area (Å²) in [5, 5.41) is 0. The van der Waals surface area contributed by atoms with E-state index in [0.29, 0.717) is 13.2 Å². The van der Waals surface area contributed by atoms with Gasteiger partial charge in [0.1, 0.15) is 0 Å². The zero-order valence-electron chi connectivity index (χ0n) is 19.9. The summed E-state index contributed by atoms with van der Waals surface area (Å²) in [7, 11) is 3.38. The van der Waals surface area contributed by atoms with Crippen LogP contribution in [0, 0.1) is 5.92 Å². The topological polar surface area (TPSA) is 44.8 Å². The minimum atomic E-state index is -0.307. The fraction of sp³-hybridized carbons (Fsp3) is 0.958. The quantitative estimate of drug-likeness (QED) is 0.150. The van der Waals surface area contributed by atoms with E-state index in [1.165, 1.54) is 64.2 Å². The van der Waals surface area contributed by atoms with E-state index in [1.807, 2.05) is 13.8 Å². The number of rotatable bonds is 21. The van der Waals surface area contributed by atoms with Crippen LogP contribution >= 0.6 is 11.8 Å². The molecule has 0 radical (unpaired) electrons. The molecule has 0 heterocycles. The molecule has 5 heteroatoms. The molecule has 2 atom stereocenters. The smallest absolute Gasteiger partial charge is 0.309 e. The van der Waals surface area contributed by atoms with Gasteiger partial charge in [-0.05, 0) is 13.3 Å². The number of carbonyl (C=O) groups is 1. The Kier molecular flexibility index (Phi) is 19.5. The molecule has 0 bridgehead atoms. The second-order valence-electron chi connectivity index (χ2n) is 8.56. The molecule has 0 N–H and O–H groups in total. The highest BCUT2D eigenvalue weighted by Crippen LogP contribution is 2.20. The Bertz CT molecular complexity index is 378. The molecule has 0 aromatic rings. The molecule has 4 nitrogen and oxygen atoms in total. The lowest BCUT2D eigenvalue weighted by Gasteiger charge is -2.27. The van der Waals surface area contributed by atoms with E-state index in [9.17, 15) is 4.79 Å². The molecular weight excluding hydrogens is 384 g/mol. The van der Waals surface area contributed by atoms with Gasteiger partial charge in [0, 0.05) is 25.7 Å². The van der Waals surface area contributed by atoms with Crippen LogP contribution < -0.4 is 0 Å². The van der Waals surface area contributed by atoms with Gasteiger partial charge in [-0.15, -0.1) is 0 Å². The van der Waals surface area contributed by atoms with Gasteiger partial charge in [0.25, 0.3) is 0 Å². The summed E-state index contributed by atoms with van der Waals surface area (Å²) in [4.78, 5) is 12.1. The Morgan fingerprint density at radius 3 is 1.90 bits per heavy atom. The normalized spacial score (nSPS) is 14.5. The van der Waals surface area contributed by atoms with Crippen LogP contribution in [0.2, 0.25) is 0 Å². The number of esters is 1. The van der Waals surface area contributed by atoms with Crippen molar-refractivity contribution in [2.24, 2.45) is 5.92 Å². The molecule has 174 valence electrons. The lowest BCUT2D eigenvalue weighted by molar-refractivity contribution is -0.147. The van der Waals surface area contributed by atoms with Gasteiger partial charge in [-0.1, -0.05) is 84.5 Å². The van der Waals surface area contributed by atoms with E-state index in [-0.39, 0.29) is 17.5 Å². The van der Waals surface area contributed by atoms with Crippen LogP contribution in [0.3, 0.4) is 0 Å². The molecule has 0 spiro atoms. The van der Waals surface area contributed by atoms with E-state index >= 15 is 0 Å². The number of ether oxygens (including phenoxy) is 3. The Hall–Kier alpha value is -0.260. The largest absolute Gasteiger partial charge is 0.465 e. The van der Waals surface area contributed by atoms with Gasteiger partial charge >= 0.3 is 5.97 Å². The van der Waals surface area contributed by atoms with Crippen LogP contribution in [0.1, 0.15) is 97.8 Å². The van der Waals surface area contributed by atoms with Crippen molar-refractivity contribution in [3.63, 3.8) is 0 Å².